The third-order valence-electron chi connectivity index (χ3n) is 7.58. The van der Waals surface area contributed by atoms with Crippen molar-refractivity contribution in [3.8, 4) is 5.69 Å². The zero-order chi connectivity index (χ0) is 23.8. The fraction of sp³-hybridized carbons (Fsp3) is 0. The molecule has 36 heavy (non-hydrogen) atoms. The van der Waals surface area contributed by atoms with Gasteiger partial charge in [0.05, 0.1) is 11.0 Å². The fourth-order valence-corrected chi connectivity index (χ4v) is 6.33. The standard InChI is InChI=1S/C34H20BrN/c35-23-14-16-29-32-19-30-27-11-5-3-9-25(27)26-10-4-6-12-28(26)31(30)20-34(32)36(33(29)18-23)24-15-13-21-7-1-2-8-22(21)17-24/h1-20H. The van der Waals surface area contributed by atoms with Crippen LogP contribution < -0.4 is 0 Å². The van der Waals surface area contributed by atoms with E-state index in [0.29, 0.717) is 0 Å². The lowest BCUT2D eigenvalue weighted by molar-refractivity contribution is 1.19. The molecule has 7 aromatic carbocycles. The molecule has 0 aliphatic carbocycles. The molecular formula is C34H20BrN. The summed E-state index contributed by atoms with van der Waals surface area (Å²) in [5, 5.41) is 12.8. The Morgan fingerprint density at radius 3 is 1.69 bits per heavy atom. The van der Waals surface area contributed by atoms with Crippen molar-refractivity contribution in [3.63, 3.8) is 0 Å². The summed E-state index contributed by atoms with van der Waals surface area (Å²) in [5.41, 5.74) is 3.61. The van der Waals surface area contributed by atoms with Crippen LogP contribution in [0.5, 0.6) is 0 Å². The van der Waals surface area contributed by atoms with E-state index in [9.17, 15) is 0 Å². The molecule has 1 heterocycles. The molecule has 0 aliphatic heterocycles. The number of nitrogens with zero attached hydrogens (tertiary/aromatic N) is 1. The molecule has 0 bridgehead atoms. The average Bonchev–Trinajstić information content (AvgIpc) is 3.24. The van der Waals surface area contributed by atoms with E-state index >= 15 is 0 Å². The fourth-order valence-electron chi connectivity index (χ4n) is 5.98. The van der Waals surface area contributed by atoms with Gasteiger partial charge in [-0.3, -0.25) is 0 Å². The first-order valence-corrected chi connectivity index (χ1v) is 13.0. The zero-order valence-electron chi connectivity index (χ0n) is 19.4. The van der Waals surface area contributed by atoms with E-state index in [0.717, 1.165) is 4.47 Å². The first kappa shape index (κ1) is 20.1. The Morgan fingerprint density at radius 2 is 0.972 bits per heavy atom. The Bertz CT molecular complexity index is 2170. The van der Waals surface area contributed by atoms with Gasteiger partial charge in [0.25, 0.3) is 0 Å². The number of hydrogen-bond donors (Lipinski definition) is 0. The summed E-state index contributed by atoms with van der Waals surface area (Å²) in [4.78, 5) is 0. The smallest absolute Gasteiger partial charge is 0.0552 e. The molecule has 1 aromatic heterocycles. The van der Waals surface area contributed by atoms with Crippen molar-refractivity contribution in [2.45, 2.75) is 0 Å². The van der Waals surface area contributed by atoms with E-state index in [1.54, 1.807) is 0 Å². The highest BCUT2D eigenvalue weighted by molar-refractivity contribution is 9.10. The molecule has 0 amide bonds. The van der Waals surface area contributed by atoms with Crippen LogP contribution in [0.4, 0.5) is 0 Å². The summed E-state index contributed by atoms with van der Waals surface area (Å²) in [6, 6.07) is 44.4. The van der Waals surface area contributed by atoms with Gasteiger partial charge in [-0.1, -0.05) is 101 Å². The Hall–Kier alpha value is -4.14. The van der Waals surface area contributed by atoms with Gasteiger partial charge in [0.2, 0.25) is 0 Å². The van der Waals surface area contributed by atoms with E-state index in [1.807, 2.05) is 0 Å². The molecular weight excluding hydrogens is 502 g/mol. The van der Waals surface area contributed by atoms with Gasteiger partial charge in [-0.05, 0) is 79.5 Å². The first-order chi connectivity index (χ1) is 17.8. The number of rotatable bonds is 1. The van der Waals surface area contributed by atoms with Crippen LogP contribution in [0.3, 0.4) is 0 Å². The molecule has 0 saturated heterocycles. The minimum Gasteiger partial charge on any atom is -0.309 e. The molecule has 0 N–H and O–H groups in total. The van der Waals surface area contributed by atoms with Crippen LogP contribution in [0.25, 0.3) is 70.6 Å². The second-order valence-corrected chi connectivity index (χ2v) is 10.5. The predicted octanol–water partition coefficient (Wildman–Crippen LogP) is 10.2. The predicted molar refractivity (Wildman–Crippen MR) is 159 cm³/mol. The summed E-state index contributed by atoms with van der Waals surface area (Å²) >= 11 is 3.73. The normalized spacial score (nSPS) is 12.0. The lowest BCUT2D eigenvalue weighted by atomic mass is 9.93. The molecule has 0 atom stereocenters. The number of aromatic nitrogens is 1. The van der Waals surface area contributed by atoms with Crippen LogP contribution in [-0.2, 0) is 0 Å². The topological polar surface area (TPSA) is 4.93 Å². The van der Waals surface area contributed by atoms with E-state index in [-0.39, 0.29) is 0 Å². The van der Waals surface area contributed by atoms with Gasteiger partial charge in [-0.25, -0.2) is 0 Å². The number of halogens is 1. The second kappa shape index (κ2) is 7.43. The van der Waals surface area contributed by atoms with E-state index in [2.05, 4.69) is 142 Å². The van der Waals surface area contributed by atoms with Crippen molar-refractivity contribution in [2.24, 2.45) is 0 Å². The highest BCUT2D eigenvalue weighted by atomic mass is 79.9. The maximum absolute atomic E-state index is 3.73. The van der Waals surface area contributed by atoms with Crippen molar-refractivity contribution in [1.82, 2.24) is 4.57 Å². The van der Waals surface area contributed by atoms with Crippen LogP contribution in [0, 0.1) is 0 Å². The summed E-state index contributed by atoms with van der Waals surface area (Å²) in [6.45, 7) is 0. The maximum Gasteiger partial charge on any atom is 0.0552 e. The van der Waals surface area contributed by atoms with Crippen LogP contribution >= 0.6 is 15.9 Å². The summed E-state index contributed by atoms with van der Waals surface area (Å²) in [6.07, 6.45) is 0. The third-order valence-corrected chi connectivity index (χ3v) is 8.08. The summed E-state index contributed by atoms with van der Waals surface area (Å²) in [7, 11) is 0. The van der Waals surface area contributed by atoms with Gasteiger partial charge in [0.1, 0.15) is 0 Å². The molecule has 0 unspecified atom stereocenters. The Labute approximate surface area is 216 Å². The Balaban J connectivity index is 1.60. The van der Waals surface area contributed by atoms with Crippen LogP contribution in [-0.4, -0.2) is 4.57 Å². The number of hydrogen-bond acceptors (Lipinski definition) is 0. The Kier molecular flexibility index (Phi) is 4.15. The Morgan fingerprint density at radius 1 is 0.389 bits per heavy atom. The minimum absolute atomic E-state index is 1.08. The highest BCUT2D eigenvalue weighted by Gasteiger charge is 2.16. The van der Waals surface area contributed by atoms with Gasteiger partial charge in [0, 0.05) is 20.9 Å². The van der Waals surface area contributed by atoms with Crippen LogP contribution in [0.15, 0.2) is 126 Å². The molecule has 0 radical (unpaired) electrons. The number of benzene rings is 7. The SMILES string of the molecule is Brc1ccc2c3cc4c5ccccc5c5ccccc5c4cc3n(-c3ccc4ccccc4c3)c2c1. The lowest BCUT2D eigenvalue weighted by Crippen LogP contribution is -1.94. The van der Waals surface area contributed by atoms with Gasteiger partial charge in [-0.2, -0.15) is 0 Å². The van der Waals surface area contributed by atoms with Crippen LogP contribution in [0.2, 0.25) is 0 Å². The van der Waals surface area contributed by atoms with Crippen molar-refractivity contribution in [2.75, 3.05) is 0 Å². The van der Waals surface area contributed by atoms with Gasteiger partial charge < -0.3 is 4.57 Å². The second-order valence-electron chi connectivity index (χ2n) is 9.53. The first-order valence-electron chi connectivity index (χ1n) is 12.2. The molecule has 1 nitrogen and oxygen atoms in total. The molecule has 8 rings (SSSR count). The monoisotopic (exact) mass is 521 g/mol. The lowest BCUT2D eigenvalue weighted by Gasteiger charge is -2.13. The molecule has 0 spiro atoms. The average molecular weight is 522 g/mol. The zero-order valence-corrected chi connectivity index (χ0v) is 21.0. The molecule has 168 valence electrons. The van der Waals surface area contributed by atoms with E-state index < -0.39 is 0 Å². The van der Waals surface area contributed by atoms with Gasteiger partial charge in [0.15, 0.2) is 0 Å². The highest BCUT2D eigenvalue weighted by Crippen LogP contribution is 2.41. The molecule has 0 aliphatic rings. The maximum atomic E-state index is 3.73. The van der Waals surface area contributed by atoms with Gasteiger partial charge in [-0.15, -0.1) is 0 Å². The van der Waals surface area contributed by atoms with Crippen molar-refractivity contribution < 1.29 is 0 Å². The third kappa shape index (κ3) is 2.76. The summed E-state index contributed by atoms with van der Waals surface area (Å²) in [5.74, 6) is 0. The summed E-state index contributed by atoms with van der Waals surface area (Å²) < 4.78 is 3.51. The van der Waals surface area contributed by atoms with Crippen LogP contribution in [0.1, 0.15) is 0 Å². The van der Waals surface area contributed by atoms with E-state index in [1.165, 1.54) is 70.6 Å². The largest absolute Gasteiger partial charge is 0.309 e. The number of fused-ring (bicyclic) bond motifs is 10. The quantitative estimate of drug-likeness (QED) is 0.189. The molecule has 0 fully saturated rings. The van der Waals surface area contributed by atoms with Crippen molar-refractivity contribution in [1.29, 1.82) is 0 Å². The minimum atomic E-state index is 1.08. The van der Waals surface area contributed by atoms with Crippen molar-refractivity contribution >= 4 is 80.8 Å². The van der Waals surface area contributed by atoms with Gasteiger partial charge >= 0.3 is 0 Å². The van der Waals surface area contributed by atoms with Crippen molar-refractivity contribution in [3.05, 3.63) is 126 Å². The molecule has 8 aromatic rings. The molecule has 0 saturated carbocycles. The van der Waals surface area contributed by atoms with E-state index in [4.69, 9.17) is 0 Å². The molecule has 2 heteroatoms.